The van der Waals surface area contributed by atoms with Crippen molar-refractivity contribution in [2.24, 2.45) is 0 Å². The van der Waals surface area contributed by atoms with Gasteiger partial charge in [-0.15, -0.1) is 0 Å². The summed E-state index contributed by atoms with van der Waals surface area (Å²) >= 11 is 0. The van der Waals surface area contributed by atoms with Gasteiger partial charge in [-0.2, -0.15) is 0 Å². The summed E-state index contributed by atoms with van der Waals surface area (Å²) in [5, 5.41) is 8.62. The molecule has 0 saturated heterocycles. The molecular weight excluding hydrogens is 292 g/mol. The Labute approximate surface area is 145 Å². The minimum Gasteiger partial charge on any atom is -0.378 e. The summed E-state index contributed by atoms with van der Waals surface area (Å²) in [7, 11) is 4.11. The van der Waals surface area contributed by atoms with Gasteiger partial charge >= 0.3 is 0 Å². The molecule has 124 valence electrons. The highest BCUT2D eigenvalue weighted by atomic mass is 15.1. The molecule has 24 heavy (non-hydrogen) atoms. The fourth-order valence-corrected chi connectivity index (χ4v) is 3.36. The fraction of sp³-hybridized carbons (Fsp3) is 0.318. The van der Waals surface area contributed by atoms with E-state index in [9.17, 15) is 0 Å². The van der Waals surface area contributed by atoms with Crippen molar-refractivity contribution in [3.8, 4) is 0 Å². The molecular formula is C22H26N2. The SMILES string of the molecule is CCCCC(=N)c1cc(N(C)C)ccc1C1C=Cc2ccccc21. The number of benzene rings is 2. The van der Waals surface area contributed by atoms with Crippen molar-refractivity contribution in [3.05, 3.63) is 70.8 Å². The Morgan fingerprint density at radius 3 is 2.62 bits per heavy atom. The molecule has 0 saturated carbocycles. The number of unbranched alkanes of at least 4 members (excludes halogenated alkanes) is 1. The van der Waals surface area contributed by atoms with Gasteiger partial charge in [0.2, 0.25) is 0 Å². The van der Waals surface area contributed by atoms with Crippen LogP contribution in [0.15, 0.2) is 48.5 Å². The second-order valence-corrected chi connectivity index (χ2v) is 6.71. The predicted octanol–water partition coefficient (Wildman–Crippen LogP) is 5.47. The van der Waals surface area contributed by atoms with Crippen molar-refractivity contribution in [1.29, 1.82) is 5.41 Å². The summed E-state index contributed by atoms with van der Waals surface area (Å²) in [5.74, 6) is 0.259. The number of anilines is 1. The molecule has 3 rings (SSSR count). The molecule has 0 fully saturated rings. The Morgan fingerprint density at radius 1 is 1.08 bits per heavy atom. The lowest BCUT2D eigenvalue weighted by Crippen LogP contribution is -2.13. The van der Waals surface area contributed by atoms with Crippen LogP contribution < -0.4 is 4.90 Å². The van der Waals surface area contributed by atoms with Gasteiger partial charge in [0.05, 0.1) is 0 Å². The van der Waals surface area contributed by atoms with Crippen LogP contribution in [0.3, 0.4) is 0 Å². The van der Waals surface area contributed by atoms with Crippen molar-refractivity contribution in [1.82, 2.24) is 0 Å². The smallest absolute Gasteiger partial charge is 0.0390 e. The van der Waals surface area contributed by atoms with Crippen molar-refractivity contribution < 1.29 is 0 Å². The van der Waals surface area contributed by atoms with Gasteiger partial charge in [0.15, 0.2) is 0 Å². The minimum absolute atomic E-state index is 0.259. The predicted molar refractivity (Wildman–Crippen MR) is 104 cm³/mol. The molecule has 0 aromatic heterocycles. The van der Waals surface area contributed by atoms with Gasteiger partial charge in [0.25, 0.3) is 0 Å². The highest BCUT2D eigenvalue weighted by Gasteiger charge is 2.22. The van der Waals surface area contributed by atoms with E-state index in [1.165, 1.54) is 16.7 Å². The third-order valence-electron chi connectivity index (χ3n) is 4.79. The van der Waals surface area contributed by atoms with Gasteiger partial charge in [-0.3, -0.25) is 0 Å². The molecule has 0 amide bonds. The molecule has 0 spiro atoms. The van der Waals surface area contributed by atoms with Gasteiger partial charge < -0.3 is 10.3 Å². The molecule has 2 aromatic rings. The Balaban J connectivity index is 2.04. The van der Waals surface area contributed by atoms with Gasteiger partial charge in [-0.05, 0) is 41.7 Å². The third-order valence-corrected chi connectivity index (χ3v) is 4.79. The Hall–Kier alpha value is -2.35. The zero-order valence-electron chi connectivity index (χ0n) is 14.8. The average molecular weight is 318 g/mol. The van der Waals surface area contributed by atoms with Crippen molar-refractivity contribution in [2.45, 2.75) is 32.1 Å². The first-order chi connectivity index (χ1) is 11.6. The summed E-state index contributed by atoms with van der Waals surface area (Å²) in [6, 6.07) is 15.1. The second-order valence-electron chi connectivity index (χ2n) is 6.71. The summed E-state index contributed by atoms with van der Waals surface area (Å²) in [4.78, 5) is 2.11. The number of rotatable bonds is 6. The average Bonchev–Trinajstić information content (AvgIpc) is 3.03. The highest BCUT2D eigenvalue weighted by Crippen LogP contribution is 2.38. The van der Waals surface area contributed by atoms with E-state index in [-0.39, 0.29) is 5.92 Å². The topological polar surface area (TPSA) is 27.1 Å². The van der Waals surface area contributed by atoms with Crippen LogP contribution in [-0.2, 0) is 0 Å². The van der Waals surface area contributed by atoms with Crippen LogP contribution in [-0.4, -0.2) is 19.8 Å². The molecule has 1 atom stereocenters. The molecule has 0 aliphatic heterocycles. The second kappa shape index (κ2) is 7.04. The van der Waals surface area contributed by atoms with Crippen LogP contribution >= 0.6 is 0 Å². The largest absolute Gasteiger partial charge is 0.378 e. The number of fused-ring (bicyclic) bond motifs is 1. The molecule has 0 bridgehead atoms. The van der Waals surface area contributed by atoms with Crippen LogP contribution in [0.5, 0.6) is 0 Å². The van der Waals surface area contributed by atoms with E-state index in [2.05, 4.69) is 80.5 Å². The van der Waals surface area contributed by atoms with E-state index >= 15 is 0 Å². The summed E-state index contributed by atoms with van der Waals surface area (Å²) in [5.41, 5.74) is 6.91. The quantitative estimate of drug-likeness (QED) is 0.703. The molecule has 1 unspecified atom stereocenters. The minimum atomic E-state index is 0.259. The number of allylic oxidation sites excluding steroid dienone is 1. The summed E-state index contributed by atoms with van der Waals surface area (Å²) in [6.45, 7) is 2.18. The molecule has 2 aromatic carbocycles. The lowest BCUT2D eigenvalue weighted by atomic mass is 9.87. The van der Waals surface area contributed by atoms with Gasteiger partial charge in [0.1, 0.15) is 0 Å². The molecule has 1 N–H and O–H groups in total. The first kappa shape index (κ1) is 16.5. The number of hydrogen-bond donors (Lipinski definition) is 1. The molecule has 2 heteroatoms. The monoisotopic (exact) mass is 318 g/mol. The van der Waals surface area contributed by atoms with E-state index in [0.29, 0.717) is 0 Å². The summed E-state index contributed by atoms with van der Waals surface area (Å²) < 4.78 is 0. The zero-order valence-corrected chi connectivity index (χ0v) is 14.8. The highest BCUT2D eigenvalue weighted by molar-refractivity contribution is 6.01. The van der Waals surface area contributed by atoms with E-state index in [1.807, 2.05) is 0 Å². The number of nitrogens with zero attached hydrogens (tertiary/aromatic N) is 1. The lowest BCUT2D eigenvalue weighted by Gasteiger charge is -2.21. The number of hydrogen-bond acceptors (Lipinski definition) is 2. The molecule has 2 nitrogen and oxygen atoms in total. The third kappa shape index (κ3) is 3.14. The van der Waals surface area contributed by atoms with Crippen LogP contribution in [0.1, 0.15) is 54.4 Å². The fourth-order valence-electron chi connectivity index (χ4n) is 3.36. The van der Waals surface area contributed by atoms with E-state index in [1.54, 1.807) is 0 Å². The van der Waals surface area contributed by atoms with E-state index < -0.39 is 0 Å². The molecule has 1 aliphatic rings. The van der Waals surface area contributed by atoms with Crippen LogP contribution in [0.4, 0.5) is 5.69 Å². The molecule has 0 radical (unpaired) electrons. The van der Waals surface area contributed by atoms with E-state index in [0.717, 1.165) is 36.2 Å². The number of nitrogens with one attached hydrogen (secondary N) is 1. The Kier molecular flexibility index (Phi) is 4.84. The van der Waals surface area contributed by atoms with E-state index in [4.69, 9.17) is 5.41 Å². The van der Waals surface area contributed by atoms with Gasteiger partial charge in [-0.25, -0.2) is 0 Å². The molecule has 1 aliphatic carbocycles. The van der Waals surface area contributed by atoms with Crippen LogP contribution in [0.25, 0.3) is 6.08 Å². The zero-order chi connectivity index (χ0) is 17.1. The maximum atomic E-state index is 8.62. The standard InChI is InChI=1S/C22H26N2/c1-4-5-10-22(23)21-15-17(24(2)3)12-14-20(21)19-13-11-16-8-6-7-9-18(16)19/h6-9,11-15,19,23H,4-5,10H2,1-3H3. The van der Waals surface area contributed by atoms with Crippen molar-refractivity contribution >= 4 is 17.5 Å². The maximum Gasteiger partial charge on any atom is 0.0390 e. The van der Waals surface area contributed by atoms with Gasteiger partial charge in [0, 0.05) is 37.0 Å². The van der Waals surface area contributed by atoms with Crippen molar-refractivity contribution in [2.75, 3.05) is 19.0 Å². The normalized spacial score (nSPS) is 15.4. The first-order valence-corrected chi connectivity index (χ1v) is 8.78. The maximum absolute atomic E-state index is 8.62. The summed E-state index contributed by atoms with van der Waals surface area (Å²) in [6.07, 6.45) is 7.52. The lowest BCUT2D eigenvalue weighted by molar-refractivity contribution is 0.831. The van der Waals surface area contributed by atoms with Crippen LogP contribution in [0, 0.1) is 5.41 Å². The Bertz CT molecular complexity index is 771. The van der Waals surface area contributed by atoms with Gasteiger partial charge in [-0.1, -0.05) is 55.8 Å². The first-order valence-electron chi connectivity index (χ1n) is 8.78. The van der Waals surface area contributed by atoms with Crippen molar-refractivity contribution in [3.63, 3.8) is 0 Å². The Morgan fingerprint density at radius 2 is 1.88 bits per heavy atom. The van der Waals surface area contributed by atoms with Crippen LogP contribution in [0.2, 0.25) is 0 Å². The molecule has 0 heterocycles.